The van der Waals surface area contributed by atoms with Crippen LogP contribution in [-0.4, -0.2) is 58.4 Å². The first-order valence-corrected chi connectivity index (χ1v) is 20.0. The maximum atomic E-state index is 12.6. The molecule has 1 rings (SSSR count). The molecule has 210 valence electrons. The van der Waals surface area contributed by atoms with Crippen LogP contribution >= 0.6 is 22.6 Å². The maximum Gasteiger partial charge on any atom is 0.338 e. The van der Waals surface area contributed by atoms with E-state index in [0.717, 1.165) is 36.3 Å². The third-order valence-electron chi connectivity index (χ3n) is 7.57. The molecule has 0 aliphatic carbocycles. The summed E-state index contributed by atoms with van der Waals surface area (Å²) in [5, 5.41) is 0. The van der Waals surface area contributed by atoms with E-state index in [1.807, 2.05) is 24.3 Å². The Hall–Kier alpha value is -1.02. The first-order chi connectivity index (χ1) is 17.7. The van der Waals surface area contributed by atoms with Crippen molar-refractivity contribution in [3.63, 3.8) is 0 Å². The minimum Gasteiger partial charge on any atom is -0.466 e. The van der Waals surface area contributed by atoms with E-state index in [4.69, 9.17) is 18.3 Å². The van der Waals surface area contributed by atoms with Crippen LogP contribution in [0.5, 0.6) is 0 Å². The molecule has 3 atom stereocenters. The number of hydrogen-bond acceptors (Lipinski definition) is 6. The number of carbonyl (C=O) groups is 2. The van der Waals surface area contributed by atoms with Crippen molar-refractivity contribution >= 4 is 51.2 Å². The Labute approximate surface area is 240 Å². The molecule has 6 nitrogen and oxygen atoms in total. The van der Waals surface area contributed by atoms with E-state index in [-0.39, 0.29) is 28.7 Å². The molecular weight excluding hydrogens is 615 g/mol. The zero-order chi connectivity index (χ0) is 27.9. The van der Waals surface area contributed by atoms with Crippen LogP contribution in [0.25, 0.3) is 0 Å². The molecule has 0 N–H and O–H groups in total. The van der Waals surface area contributed by atoms with Gasteiger partial charge in [0, 0.05) is 12.5 Å². The van der Waals surface area contributed by atoms with Crippen LogP contribution < -0.4 is 0 Å². The lowest BCUT2D eigenvalue weighted by molar-refractivity contribution is -0.134. The van der Waals surface area contributed by atoms with E-state index in [2.05, 4.69) is 64.1 Å². The zero-order valence-corrected chi connectivity index (χ0v) is 27.9. The highest BCUT2D eigenvalue weighted by Gasteiger charge is 2.38. The van der Waals surface area contributed by atoms with Gasteiger partial charge in [0.25, 0.3) is 0 Å². The molecule has 0 bridgehead atoms. The number of esters is 2. The van der Waals surface area contributed by atoms with Crippen LogP contribution in [-0.2, 0) is 23.1 Å². The summed E-state index contributed by atoms with van der Waals surface area (Å²) in [5.74, 6) is -0.733. The molecule has 0 unspecified atom stereocenters. The predicted molar refractivity (Wildman–Crippen MR) is 164 cm³/mol. The molecule has 9 heteroatoms. The second-order valence-electron chi connectivity index (χ2n) is 9.40. The molecular formula is C28H47IO6Si2. The summed E-state index contributed by atoms with van der Waals surface area (Å²) in [6.45, 7) is 13.5. The third-order valence-corrected chi connectivity index (χ3v) is 18.1. The number of carbonyl (C=O) groups excluding carboxylic acids is 2. The molecule has 37 heavy (non-hydrogen) atoms. The van der Waals surface area contributed by atoms with E-state index in [1.165, 1.54) is 13.2 Å². The maximum absolute atomic E-state index is 12.6. The van der Waals surface area contributed by atoms with Gasteiger partial charge in [0.05, 0.1) is 28.8 Å². The highest BCUT2D eigenvalue weighted by atomic mass is 127. The molecule has 0 spiro atoms. The number of alkyl halides is 1. The molecule has 0 amide bonds. The van der Waals surface area contributed by atoms with Gasteiger partial charge in [-0.05, 0) is 54.5 Å². The lowest BCUT2D eigenvalue weighted by atomic mass is 10.1. The van der Waals surface area contributed by atoms with Crippen LogP contribution in [0, 0.1) is 0 Å². The third kappa shape index (κ3) is 10.9. The first kappa shape index (κ1) is 34.0. The highest BCUT2D eigenvalue weighted by molar-refractivity contribution is 14.1. The van der Waals surface area contributed by atoms with Crippen molar-refractivity contribution in [3.8, 4) is 0 Å². The van der Waals surface area contributed by atoms with E-state index < -0.39 is 22.6 Å². The van der Waals surface area contributed by atoms with Gasteiger partial charge in [-0.25, -0.2) is 9.59 Å². The summed E-state index contributed by atoms with van der Waals surface area (Å²) in [6.07, 6.45) is 3.42. The lowest BCUT2D eigenvalue weighted by Gasteiger charge is -2.38. The van der Waals surface area contributed by atoms with Crippen molar-refractivity contribution in [2.24, 2.45) is 0 Å². The van der Waals surface area contributed by atoms with Crippen molar-refractivity contribution in [2.75, 3.05) is 13.7 Å². The lowest BCUT2D eigenvalue weighted by Crippen LogP contribution is -2.47. The van der Waals surface area contributed by atoms with E-state index in [9.17, 15) is 9.59 Å². The number of halogens is 1. The van der Waals surface area contributed by atoms with E-state index in [1.54, 1.807) is 12.1 Å². The molecule has 0 aliphatic rings. The van der Waals surface area contributed by atoms with Gasteiger partial charge in [-0.3, -0.25) is 0 Å². The first-order valence-electron chi connectivity index (χ1n) is 13.6. The average molecular weight is 663 g/mol. The summed E-state index contributed by atoms with van der Waals surface area (Å²) in [7, 11) is -2.56. The summed E-state index contributed by atoms with van der Waals surface area (Å²) >= 11 is 2.35. The molecule has 0 saturated heterocycles. The Balaban J connectivity index is 3.24. The van der Waals surface area contributed by atoms with Crippen LogP contribution in [0.15, 0.2) is 42.5 Å². The fourth-order valence-corrected chi connectivity index (χ4v) is 11.1. The number of hydrogen-bond donors (Lipinski definition) is 0. The van der Waals surface area contributed by atoms with Crippen molar-refractivity contribution in [1.82, 2.24) is 0 Å². The summed E-state index contributed by atoms with van der Waals surface area (Å²) in [4.78, 5) is 24.6. The van der Waals surface area contributed by atoms with Crippen LogP contribution in [0.3, 0.4) is 0 Å². The standard InChI is InChI=1S/C28H47IO6Si2/c1-8-36(9-2,10-3)34-24(19-20-27(30)32-7)21-26(35-37(11-4,12-5)13-6)25(29)22-33-28(31)23-17-15-14-16-18-23/h14-20,24-26H,8-13,21-22H2,1-7H3/b20-19+/t24-,25-,26-/m0/s1. The number of benzene rings is 1. The van der Waals surface area contributed by atoms with Gasteiger partial charge < -0.3 is 18.3 Å². The number of rotatable bonds is 18. The summed E-state index contributed by atoms with van der Waals surface area (Å²) in [5.41, 5.74) is 0.537. The zero-order valence-electron chi connectivity index (χ0n) is 23.8. The fourth-order valence-electron chi connectivity index (χ4n) is 4.48. The molecule has 0 radical (unpaired) electrons. The molecule has 1 aromatic rings. The van der Waals surface area contributed by atoms with Crippen molar-refractivity contribution in [1.29, 1.82) is 0 Å². The summed E-state index contributed by atoms with van der Waals surface area (Å²) in [6, 6.07) is 15.1. The van der Waals surface area contributed by atoms with Gasteiger partial charge in [0.15, 0.2) is 16.6 Å². The van der Waals surface area contributed by atoms with Crippen molar-refractivity contribution in [2.45, 2.75) is 100 Å². The normalized spacial score (nSPS) is 14.8. The molecule has 0 saturated carbocycles. The quantitative estimate of drug-likeness (QED) is 0.0532. The highest BCUT2D eigenvalue weighted by Crippen LogP contribution is 2.31. The van der Waals surface area contributed by atoms with E-state index in [0.29, 0.717) is 12.0 Å². The minimum absolute atomic E-state index is 0.0691. The SMILES string of the molecule is CC[Si](CC)(CC)O[C@@H](C[C@H](/C=C/C(=O)OC)O[Si](CC)(CC)CC)[C@@H](I)COC(=O)c1ccccc1. The van der Waals surface area contributed by atoms with Crippen molar-refractivity contribution in [3.05, 3.63) is 48.0 Å². The number of ether oxygens (including phenoxy) is 2. The van der Waals surface area contributed by atoms with Gasteiger partial charge in [-0.2, -0.15) is 0 Å². The van der Waals surface area contributed by atoms with Gasteiger partial charge in [-0.1, -0.05) is 82.3 Å². The Bertz CT molecular complexity index is 811. The van der Waals surface area contributed by atoms with Gasteiger partial charge >= 0.3 is 11.9 Å². The monoisotopic (exact) mass is 662 g/mol. The van der Waals surface area contributed by atoms with Gasteiger partial charge in [0.2, 0.25) is 0 Å². The molecule has 0 fully saturated rings. The Morgan fingerprint density at radius 2 is 1.38 bits per heavy atom. The smallest absolute Gasteiger partial charge is 0.338 e. The van der Waals surface area contributed by atoms with Gasteiger partial charge in [-0.15, -0.1) is 0 Å². The van der Waals surface area contributed by atoms with Crippen LogP contribution in [0.2, 0.25) is 36.3 Å². The topological polar surface area (TPSA) is 71.1 Å². The Morgan fingerprint density at radius 1 is 0.865 bits per heavy atom. The second-order valence-corrected chi connectivity index (χ2v) is 20.4. The Kier molecular flexibility index (Phi) is 16.1. The average Bonchev–Trinajstić information content (AvgIpc) is 2.95. The number of methoxy groups -OCH3 is 1. The Morgan fingerprint density at radius 3 is 1.86 bits per heavy atom. The minimum atomic E-state index is -1.97. The predicted octanol–water partition coefficient (Wildman–Crippen LogP) is 7.55. The largest absolute Gasteiger partial charge is 0.466 e. The van der Waals surface area contributed by atoms with Crippen LogP contribution in [0.1, 0.15) is 58.3 Å². The molecule has 0 aromatic heterocycles. The molecule has 0 aliphatic heterocycles. The van der Waals surface area contributed by atoms with Gasteiger partial charge in [0.1, 0.15) is 6.61 Å². The van der Waals surface area contributed by atoms with Crippen molar-refractivity contribution < 1.29 is 27.9 Å². The fraction of sp³-hybridized carbons (Fsp3) is 0.643. The molecule has 1 aromatic carbocycles. The van der Waals surface area contributed by atoms with E-state index >= 15 is 0 Å². The second kappa shape index (κ2) is 17.5. The summed E-state index contributed by atoms with van der Waals surface area (Å²) < 4.78 is 24.3. The molecule has 0 heterocycles. The van der Waals surface area contributed by atoms with Crippen LogP contribution in [0.4, 0.5) is 0 Å².